The van der Waals surface area contributed by atoms with Gasteiger partial charge in [-0.15, -0.1) is 23.5 Å². The Labute approximate surface area is 166 Å². The van der Waals surface area contributed by atoms with E-state index in [0.29, 0.717) is 40.9 Å². The third-order valence-corrected chi connectivity index (χ3v) is 7.52. The fourth-order valence-electron chi connectivity index (χ4n) is 2.91. The van der Waals surface area contributed by atoms with Gasteiger partial charge in [0.2, 0.25) is 0 Å². The highest BCUT2D eigenvalue weighted by atomic mass is 35.5. The third-order valence-electron chi connectivity index (χ3n) is 4.13. The summed E-state index contributed by atoms with van der Waals surface area (Å²) in [6.07, 6.45) is 0. The van der Waals surface area contributed by atoms with Crippen LogP contribution in [0.15, 0.2) is 30.3 Å². The number of benzene rings is 2. The molecule has 0 bridgehead atoms. The molecule has 0 atom stereocenters. The predicted molar refractivity (Wildman–Crippen MR) is 107 cm³/mol. The van der Waals surface area contributed by atoms with Gasteiger partial charge in [-0.25, -0.2) is 0 Å². The van der Waals surface area contributed by atoms with Gasteiger partial charge in [0.15, 0.2) is 23.0 Å². The highest BCUT2D eigenvalue weighted by Crippen LogP contribution is 2.47. The van der Waals surface area contributed by atoms with E-state index in [2.05, 4.69) is 12.1 Å². The first-order chi connectivity index (χ1) is 12.7. The summed E-state index contributed by atoms with van der Waals surface area (Å²) >= 11 is 10.2. The molecule has 0 unspecified atom stereocenters. The molecule has 1 fully saturated rings. The van der Waals surface area contributed by atoms with E-state index >= 15 is 0 Å². The van der Waals surface area contributed by atoms with E-state index < -0.39 is 0 Å². The summed E-state index contributed by atoms with van der Waals surface area (Å²) < 4.78 is 23.2. The number of fused-ring (bicyclic) bond motifs is 1. The number of halogens is 1. The minimum absolute atomic E-state index is 0.374. The number of hydrogen-bond acceptors (Lipinski definition) is 6. The van der Waals surface area contributed by atoms with Crippen molar-refractivity contribution in [2.24, 2.45) is 0 Å². The van der Waals surface area contributed by atoms with Crippen LogP contribution >= 0.6 is 35.1 Å². The van der Waals surface area contributed by atoms with Crippen molar-refractivity contribution in [2.75, 3.05) is 31.8 Å². The summed E-state index contributed by atoms with van der Waals surface area (Å²) in [7, 11) is 1.67. The number of rotatable bonds is 5. The molecule has 0 amide bonds. The van der Waals surface area contributed by atoms with Crippen molar-refractivity contribution in [1.29, 1.82) is 0 Å². The summed E-state index contributed by atoms with van der Waals surface area (Å²) in [5.41, 5.74) is 2.19. The molecule has 0 radical (unpaired) electrons. The fourth-order valence-corrected chi connectivity index (χ4v) is 6.04. The second-order valence-corrected chi connectivity index (χ2v) is 9.01. The Bertz CT molecular complexity index is 793. The minimum Gasteiger partial charge on any atom is -0.493 e. The van der Waals surface area contributed by atoms with Gasteiger partial charge in [-0.3, -0.25) is 0 Å². The van der Waals surface area contributed by atoms with Crippen molar-refractivity contribution in [3.8, 4) is 23.0 Å². The van der Waals surface area contributed by atoms with Gasteiger partial charge in [-0.2, -0.15) is 0 Å². The molecule has 0 saturated carbocycles. The average Bonchev–Trinajstić information content (AvgIpc) is 3.21. The second kappa shape index (κ2) is 8.11. The molecule has 0 N–H and O–H groups in total. The molecule has 4 nitrogen and oxygen atoms in total. The molecule has 2 heterocycles. The number of thioether (sulfide) groups is 2. The van der Waals surface area contributed by atoms with E-state index in [-0.39, 0.29) is 0 Å². The molecular weight excluding hydrogens is 392 g/mol. The van der Waals surface area contributed by atoms with Crippen molar-refractivity contribution in [2.45, 2.75) is 11.2 Å². The Morgan fingerprint density at radius 3 is 2.69 bits per heavy atom. The van der Waals surface area contributed by atoms with E-state index in [1.807, 2.05) is 41.7 Å². The lowest BCUT2D eigenvalue weighted by atomic mass is 10.2. The quantitative estimate of drug-likeness (QED) is 0.676. The van der Waals surface area contributed by atoms with Gasteiger partial charge in [-0.1, -0.05) is 17.7 Å². The first kappa shape index (κ1) is 18.0. The monoisotopic (exact) mass is 410 g/mol. The molecule has 0 spiro atoms. The van der Waals surface area contributed by atoms with Crippen molar-refractivity contribution in [3.63, 3.8) is 0 Å². The lowest BCUT2D eigenvalue weighted by molar-refractivity contribution is 0.171. The molecule has 4 rings (SSSR count). The van der Waals surface area contributed by atoms with Crippen molar-refractivity contribution >= 4 is 35.1 Å². The van der Waals surface area contributed by atoms with Gasteiger partial charge in [0.05, 0.1) is 16.7 Å². The molecule has 2 aliphatic heterocycles. The van der Waals surface area contributed by atoms with E-state index in [1.165, 1.54) is 17.1 Å². The van der Waals surface area contributed by atoms with Crippen LogP contribution < -0.4 is 18.9 Å². The van der Waals surface area contributed by atoms with Crippen molar-refractivity contribution < 1.29 is 18.9 Å². The summed E-state index contributed by atoms with van der Waals surface area (Å²) in [6, 6.07) is 9.93. The molecule has 0 aromatic heterocycles. The summed E-state index contributed by atoms with van der Waals surface area (Å²) in [6.45, 7) is 1.42. The Morgan fingerprint density at radius 2 is 1.88 bits per heavy atom. The van der Waals surface area contributed by atoms with E-state index in [1.54, 1.807) is 7.11 Å². The molecular formula is C19H19ClO4S2. The van der Waals surface area contributed by atoms with Crippen LogP contribution in [0.5, 0.6) is 23.0 Å². The Balaban J connectivity index is 1.50. The van der Waals surface area contributed by atoms with Crippen LogP contribution in [0.2, 0.25) is 5.02 Å². The van der Waals surface area contributed by atoms with E-state index in [4.69, 9.17) is 30.5 Å². The maximum absolute atomic E-state index is 6.29. The lowest BCUT2D eigenvalue weighted by Gasteiger charge is -2.20. The molecule has 2 aromatic carbocycles. The normalized spacial score (nSPS) is 16.5. The highest BCUT2D eigenvalue weighted by Gasteiger charge is 2.20. The Hall–Kier alpha value is -1.37. The molecule has 26 heavy (non-hydrogen) atoms. The van der Waals surface area contributed by atoms with Gasteiger partial charge in [-0.05, 0) is 35.4 Å². The van der Waals surface area contributed by atoms with Crippen LogP contribution in [-0.4, -0.2) is 31.8 Å². The summed E-state index contributed by atoms with van der Waals surface area (Å²) in [4.78, 5) is 0. The van der Waals surface area contributed by atoms with Crippen LogP contribution in [0, 0.1) is 0 Å². The SMILES string of the molecule is COc1cc(C2SCCS2)ccc1OCc1cc(Cl)c2c(c1)OCCO2. The minimum atomic E-state index is 0.374. The van der Waals surface area contributed by atoms with Crippen LogP contribution in [0.1, 0.15) is 15.7 Å². The maximum atomic E-state index is 6.29. The molecule has 0 aliphatic carbocycles. The average molecular weight is 411 g/mol. The van der Waals surface area contributed by atoms with Crippen molar-refractivity contribution in [3.05, 3.63) is 46.5 Å². The number of ether oxygens (including phenoxy) is 4. The summed E-state index contributed by atoms with van der Waals surface area (Å²) in [5.74, 6) is 5.13. The smallest absolute Gasteiger partial charge is 0.179 e. The van der Waals surface area contributed by atoms with Gasteiger partial charge in [0.1, 0.15) is 19.8 Å². The van der Waals surface area contributed by atoms with Crippen LogP contribution in [0.25, 0.3) is 0 Å². The molecule has 2 aliphatic rings. The first-order valence-corrected chi connectivity index (χ1v) is 10.8. The fraction of sp³-hybridized carbons (Fsp3) is 0.368. The maximum Gasteiger partial charge on any atom is 0.179 e. The van der Waals surface area contributed by atoms with Crippen LogP contribution in [-0.2, 0) is 6.61 Å². The largest absolute Gasteiger partial charge is 0.493 e. The standard InChI is InChI=1S/C19H19ClO4S2/c1-21-16-10-13(19-25-6-7-26-19)2-3-15(16)24-11-12-8-14(20)18-17(9-12)22-4-5-23-18/h2-3,8-10,19H,4-7,11H2,1H3. The molecule has 138 valence electrons. The first-order valence-electron chi connectivity index (χ1n) is 8.36. The Morgan fingerprint density at radius 1 is 1.08 bits per heavy atom. The Kier molecular flexibility index (Phi) is 5.62. The number of methoxy groups -OCH3 is 1. The summed E-state index contributed by atoms with van der Waals surface area (Å²) in [5, 5.41) is 0.540. The zero-order valence-electron chi connectivity index (χ0n) is 14.3. The van der Waals surface area contributed by atoms with Crippen LogP contribution in [0.3, 0.4) is 0 Å². The molecule has 2 aromatic rings. The number of hydrogen-bond donors (Lipinski definition) is 0. The second-order valence-electron chi connectivity index (χ2n) is 5.87. The third kappa shape index (κ3) is 3.82. The van der Waals surface area contributed by atoms with E-state index in [9.17, 15) is 0 Å². The molecule has 1 saturated heterocycles. The van der Waals surface area contributed by atoms with Crippen molar-refractivity contribution in [1.82, 2.24) is 0 Å². The topological polar surface area (TPSA) is 36.9 Å². The predicted octanol–water partition coefficient (Wildman–Crippen LogP) is 5.18. The van der Waals surface area contributed by atoms with Crippen LogP contribution in [0.4, 0.5) is 0 Å². The van der Waals surface area contributed by atoms with Gasteiger partial charge in [0, 0.05) is 11.5 Å². The van der Waals surface area contributed by atoms with Gasteiger partial charge < -0.3 is 18.9 Å². The van der Waals surface area contributed by atoms with E-state index in [0.717, 1.165) is 17.1 Å². The highest BCUT2D eigenvalue weighted by molar-refractivity contribution is 8.19. The lowest BCUT2D eigenvalue weighted by Crippen LogP contribution is -2.16. The van der Waals surface area contributed by atoms with Gasteiger partial charge in [0.25, 0.3) is 0 Å². The zero-order chi connectivity index (χ0) is 17.9. The zero-order valence-corrected chi connectivity index (χ0v) is 16.7. The molecule has 7 heteroatoms. The van der Waals surface area contributed by atoms with Gasteiger partial charge >= 0.3 is 0 Å².